The number of rotatable bonds is 5. The highest BCUT2D eigenvalue weighted by Gasteiger charge is 2.27. The molecule has 1 heterocycles. The van der Waals surface area contributed by atoms with Crippen LogP contribution in [0, 0.1) is 11.7 Å². The largest absolute Gasteiger partial charge is 0.479 e. The van der Waals surface area contributed by atoms with Crippen molar-refractivity contribution < 1.29 is 13.9 Å². The third kappa shape index (κ3) is 5.52. The summed E-state index contributed by atoms with van der Waals surface area (Å²) in [5.74, 6) is 0.469. The van der Waals surface area contributed by atoms with Crippen molar-refractivity contribution in [3.8, 4) is 5.75 Å². The molecule has 0 spiro atoms. The summed E-state index contributed by atoms with van der Waals surface area (Å²) < 4.78 is 18.6. The number of hydrogen-bond donors (Lipinski definition) is 1. The van der Waals surface area contributed by atoms with Gasteiger partial charge in [0.25, 0.3) is 5.91 Å². The maximum atomic E-state index is 13.0. The highest BCUT2D eigenvalue weighted by molar-refractivity contribution is 6.32. The van der Waals surface area contributed by atoms with Gasteiger partial charge < -0.3 is 15.0 Å². The topological polar surface area (TPSA) is 41.6 Å². The minimum absolute atomic E-state index is 0. The zero-order valence-electron chi connectivity index (χ0n) is 13.4. The normalized spacial score (nSPS) is 16.6. The Labute approximate surface area is 147 Å². The lowest BCUT2D eigenvalue weighted by Gasteiger charge is -2.33. The molecule has 0 aliphatic carbocycles. The molecule has 23 heavy (non-hydrogen) atoms. The molecular weight excluding hydrogens is 342 g/mol. The number of piperidine rings is 1. The van der Waals surface area contributed by atoms with E-state index in [4.69, 9.17) is 16.3 Å². The number of ether oxygens (including phenoxy) is 1. The van der Waals surface area contributed by atoms with E-state index in [0.717, 1.165) is 32.5 Å². The van der Waals surface area contributed by atoms with Crippen LogP contribution in [-0.4, -0.2) is 43.6 Å². The average Bonchev–Trinajstić information content (AvgIpc) is 2.50. The second kappa shape index (κ2) is 9.30. The van der Waals surface area contributed by atoms with Crippen molar-refractivity contribution in [3.63, 3.8) is 0 Å². The number of carbonyl (C=O) groups excluding carboxylic acids is 1. The molecule has 4 nitrogen and oxygen atoms in total. The number of nitrogens with zero attached hydrogens (tertiary/aromatic N) is 1. The first-order valence-corrected chi connectivity index (χ1v) is 7.94. The number of carbonyl (C=O) groups is 1. The quantitative estimate of drug-likeness (QED) is 0.872. The van der Waals surface area contributed by atoms with Gasteiger partial charge in [-0.25, -0.2) is 4.39 Å². The van der Waals surface area contributed by atoms with Gasteiger partial charge in [-0.2, -0.15) is 0 Å². The molecular formula is C16H23Cl2FN2O2. The van der Waals surface area contributed by atoms with Crippen molar-refractivity contribution >= 4 is 29.9 Å². The second-order valence-electron chi connectivity index (χ2n) is 5.66. The van der Waals surface area contributed by atoms with Gasteiger partial charge in [-0.3, -0.25) is 4.79 Å². The molecule has 1 amide bonds. The van der Waals surface area contributed by atoms with Gasteiger partial charge in [-0.1, -0.05) is 11.6 Å². The Morgan fingerprint density at radius 3 is 2.70 bits per heavy atom. The Balaban J connectivity index is 0.00000264. The molecule has 2 rings (SSSR count). The van der Waals surface area contributed by atoms with Gasteiger partial charge in [0.15, 0.2) is 6.10 Å². The number of hydrogen-bond acceptors (Lipinski definition) is 3. The molecule has 0 radical (unpaired) electrons. The summed E-state index contributed by atoms with van der Waals surface area (Å²) in [7, 11) is 1.94. The SMILES string of the molecule is CNCC1CCN(C(=O)C(C)Oc2ccc(F)cc2Cl)CC1.Cl. The predicted molar refractivity (Wildman–Crippen MR) is 92.0 cm³/mol. The summed E-state index contributed by atoms with van der Waals surface area (Å²) in [5.41, 5.74) is 0. The third-order valence-corrected chi connectivity index (χ3v) is 4.26. The first-order chi connectivity index (χ1) is 10.5. The molecule has 130 valence electrons. The first-order valence-electron chi connectivity index (χ1n) is 7.56. The number of amides is 1. The van der Waals surface area contributed by atoms with Gasteiger partial charge in [-0.15, -0.1) is 12.4 Å². The van der Waals surface area contributed by atoms with E-state index in [1.807, 2.05) is 11.9 Å². The molecule has 1 atom stereocenters. The van der Waals surface area contributed by atoms with E-state index in [1.165, 1.54) is 18.2 Å². The molecule has 0 aromatic heterocycles. The fourth-order valence-corrected chi connectivity index (χ4v) is 2.93. The number of halogens is 3. The van der Waals surface area contributed by atoms with Gasteiger partial charge in [0.05, 0.1) is 5.02 Å². The van der Waals surface area contributed by atoms with Crippen LogP contribution in [0.15, 0.2) is 18.2 Å². The fourth-order valence-electron chi connectivity index (χ4n) is 2.71. The van der Waals surface area contributed by atoms with Crippen LogP contribution in [0.1, 0.15) is 19.8 Å². The lowest BCUT2D eigenvalue weighted by Crippen LogP contribution is -2.45. The predicted octanol–water partition coefficient (Wildman–Crippen LogP) is 3.13. The number of likely N-dealkylation sites (tertiary alicyclic amines) is 1. The van der Waals surface area contributed by atoms with E-state index in [9.17, 15) is 9.18 Å². The minimum atomic E-state index is -0.635. The maximum absolute atomic E-state index is 13.0. The van der Waals surface area contributed by atoms with Gasteiger partial charge in [0.1, 0.15) is 11.6 Å². The Hall–Kier alpha value is -1.04. The van der Waals surface area contributed by atoms with E-state index < -0.39 is 11.9 Å². The van der Waals surface area contributed by atoms with Crippen molar-refractivity contribution in [1.82, 2.24) is 10.2 Å². The number of benzene rings is 1. The second-order valence-corrected chi connectivity index (χ2v) is 6.07. The highest BCUT2D eigenvalue weighted by Crippen LogP contribution is 2.26. The molecule has 1 aliphatic heterocycles. The summed E-state index contributed by atoms with van der Waals surface area (Å²) in [6.07, 6.45) is 1.36. The molecule has 1 N–H and O–H groups in total. The number of nitrogens with one attached hydrogen (secondary N) is 1. The van der Waals surface area contributed by atoms with Crippen LogP contribution in [0.5, 0.6) is 5.75 Å². The molecule has 1 unspecified atom stereocenters. The summed E-state index contributed by atoms with van der Waals surface area (Å²) in [4.78, 5) is 14.2. The van der Waals surface area contributed by atoms with Gasteiger partial charge in [0, 0.05) is 13.1 Å². The van der Waals surface area contributed by atoms with E-state index in [2.05, 4.69) is 5.32 Å². The van der Waals surface area contributed by atoms with Crippen LogP contribution in [0.3, 0.4) is 0 Å². The van der Waals surface area contributed by atoms with Crippen molar-refractivity contribution in [2.24, 2.45) is 5.92 Å². The zero-order valence-corrected chi connectivity index (χ0v) is 14.9. The van der Waals surface area contributed by atoms with E-state index in [0.29, 0.717) is 11.7 Å². The Morgan fingerprint density at radius 1 is 1.48 bits per heavy atom. The van der Waals surface area contributed by atoms with Crippen molar-refractivity contribution in [2.75, 3.05) is 26.7 Å². The molecule has 7 heteroatoms. The smallest absolute Gasteiger partial charge is 0.263 e. The highest BCUT2D eigenvalue weighted by atomic mass is 35.5. The summed E-state index contributed by atoms with van der Waals surface area (Å²) >= 11 is 5.92. The first kappa shape index (κ1) is 20.0. The molecule has 1 aromatic rings. The summed E-state index contributed by atoms with van der Waals surface area (Å²) in [5, 5.41) is 3.35. The van der Waals surface area contributed by atoms with E-state index >= 15 is 0 Å². The van der Waals surface area contributed by atoms with Crippen molar-refractivity contribution in [2.45, 2.75) is 25.9 Å². The molecule has 1 aliphatic rings. The molecule has 0 bridgehead atoms. The maximum Gasteiger partial charge on any atom is 0.263 e. The lowest BCUT2D eigenvalue weighted by atomic mass is 9.96. The third-order valence-electron chi connectivity index (χ3n) is 3.96. The van der Waals surface area contributed by atoms with E-state index in [1.54, 1.807) is 6.92 Å². The summed E-state index contributed by atoms with van der Waals surface area (Å²) in [6, 6.07) is 3.89. The fraction of sp³-hybridized carbons (Fsp3) is 0.562. The standard InChI is InChI=1S/C16H22ClFN2O2.ClH/c1-11(22-15-4-3-13(18)9-14(15)17)16(21)20-7-5-12(6-8-20)10-19-2;/h3-4,9,11-12,19H,5-8,10H2,1-2H3;1H. The lowest BCUT2D eigenvalue weighted by molar-refractivity contribution is -0.139. The van der Waals surface area contributed by atoms with Crippen LogP contribution >= 0.6 is 24.0 Å². The molecule has 1 aromatic carbocycles. The van der Waals surface area contributed by atoms with Gasteiger partial charge in [0.2, 0.25) is 0 Å². The van der Waals surface area contributed by atoms with Gasteiger partial charge >= 0.3 is 0 Å². The van der Waals surface area contributed by atoms with Crippen LogP contribution in [0.4, 0.5) is 4.39 Å². The van der Waals surface area contributed by atoms with Crippen molar-refractivity contribution in [1.29, 1.82) is 0 Å². The molecule has 1 saturated heterocycles. The minimum Gasteiger partial charge on any atom is -0.479 e. The Bertz CT molecular complexity index is 523. The average molecular weight is 365 g/mol. The van der Waals surface area contributed by atoms with Crippen LogP contribution in [0.2, 0.25) is 5.02 Å². The summed E-state index contributed by atoms with van der Waals surface area (Å²) in [6.45, 7) is 4.17. The van der Waals surface area contributed by atoms with Crippen molar-refractivity contribution in [3.05, 3.63) is 29.0 Å². The molecule has 0 saturated carbocycles. The van der Waals surface area contributed by atoms with Gasteiger partial charge in [-0.05, 0) is 57.5 Å². The van der Waals surface area contributed by atoms with Crippen LogP contribution in [0.25, 0.3) is 0 Å². The molecule has 1 fully saturated rings. The van der Waals surface area contributed by atoms with Crippen LogP contribution < -0.4 is 10.1 Å². The zero-order chi connectivity index (χ0) is 16.1. The van der Waals surface area contributed by atoms with Crippen LogP contribution in [-0.2, 0) is 4.79 Å². The monoisotopic (exact) mass is 364 g/mol. The Morgan fingerprint density at radius 2 is 2.13 bits per heavy atom. The van der Waals surface area contributed by atoms with E-state index in [-0.39, 0.29) is 23.3 Å². The Kier molecular flexibility index (Phi) is 8.09.